The molecular weight excluding hydrogens is 310 g/mol. The van der Waals surface area contributed by atoms with E-state index in [1.807, 2.05) is 6.07 Å². The van der Waals surface area contributed by atoms with Gasteiger partial charge in [-0.1, -0.05) is 23.7 Å². The van der Waals surface area contributed by atoms with Crippen LogP contribution in [0.15, 0.2) is 41.6 Å². The fourth-order valence-electron chi connectivity index (χ4n) is 1.70. The number of nitrogens with one attached hydrogen (secondary N) is 2. The van der Waals surface area contributed by atoms with E-state index in [4.69, 9.17) is 16.9 Å². The number of hydrogen-bond acceptors (Lipinski definition) is 3. The number of nitrogens with zero attached hydrogens (tertiary/aromatic N) is 1. The van der Waals surface area contributed by atoms with Gasteiger partial charge in [-0.3, -0.25) is 9.52 Å². The van der Waals surface area contributed by atoms with Crippen molar-refractivity contribution >= 4 is 33.1 Å². The third kappa shape index (κ3) is 3.88. The normalized spacial score (nSPS) is 13.1. The number of rotatable bonds is 4. The lowest BCUT2D eigenvalue weighted by atomic mass is 10.1. The third-order valence-electron chi connectivity index (χ3n) is 2.70. The van der Waals surface area contributed by atoms with Gasteiger partial charge in [0.15, 0.2) is 0 Å². The number of carbonyl (C=O) groups is 1. The van der Waals surface area contributed by atoms with Gasteiger partial charge in [-0.2, -0.15) is 5.26 Å². The lowest BCUT2D eigenvalue weighted by molar-refractivity contribution is -0.118. The summed E-state index contributed by atoms with van der Waals surface area (Å²) in [5, 5.41) is 9.36. The van der Waals surface area contributed by atoms with Crippen LogP contribution in [0.2, 0.25) is 5.02 Å². The maximum Gasteiger partial charge on any atom is 0.235 e. The number of H-pyrrole nitrogens is 1. The molecule has 1 aromatic carbocycles. The number of nitriles is 1. The number of carbonyl (C=O) groups excluding carboxylic acids is 1. The van der Waals surface area contributed by atoms with E-state index >= 15 is 0 Å². The highest BCUT2D eigenvalue weighted by molar-refractivity contribution is 7.99. The van der Waals surface area contributed by atoms with Gasteiger partial charge >= 0.3 is 0 Å². The average molecular weight is 322 g/mol. The smallest absolute Gasteiger partial charge is 0.235 e. The lowest BCUT2D eigenvalue weighted by Crippen LogP contribution is -2.31. The Morgan fingerprint density at radius 2 is 2.10 bits per heavy atom. The van der Waals surface area contributed by atoms with Crippen molar-refractivity contribution in [2.75, 3.05) is 0 Å². The van der Waals surface area contributed by atoms with Crippen molar-refractivity contribution in [3.05, 3.63) is 52.7 Å². The van der Waals surface area contributed by atoms with Crippen LogP contribution in [0.1, 0.15) is 11.1 Å². The Balaban J connectivity index is 2.06. The van der Waals surface area contributed by atoms with E-state index in [0.29, 0.717) is 16.1 Å². The SMILES string of the molecule is C=S(=O)(NC(=O)Cc1ccc(C#N)cc1)c1cc(Cl)c[nH]1. The molecule has 0 radical (unpaired) electrons. The summed E-state index contributed by atoms with van der Waals surface area (Å²) in [7, 11) is -2.96. The molecule has 21 heavy (non-hydrogen) atoms. The van der Waals surface area contributed by atoms with Gasteiger partial charge in [-0.05, 0) is 29.6 Å². The molecule has 2 rings (SSSR count). The minimum absolute atomic E-state index is 0.0483. The van der Waals surface area contributed by atoms with Crippen LogP contribution in [-0.2, 0) is 20.9 Å². The van der Waals surface area contributed by atoms with E-state index in [-0.39, 0.29) is 11.4 Å². The molecule has 0 saturated carbocycles. The number of amides is 1. The van der Waals surface area contributed by atoms with Crippen LogP contribution < -0.4 is 4.72 Å². The first kappa shape index (κ1) is 15.2. The van der Waals surface area contributed by atoms with Crippen LogP contribution in [0, 0.1) is 11.3 Å². The van der Waals surface area contributed by atoms with E-state index < -0.39 is 15.6 Å². The maximum atomic E-state index is 12.3. The Kier molecular flexibility index (Phi) is 4.36. The summed E-state index contributed by atoms with van der Waals surface area (Å²) in [6, 6.07) is 10.0. The van der Waals surface area contributed by atoms with Crippen molar-refractivity contribution in [3.63, 3.8) is 0 Å². The standard InChI is InChI=1S/C14H12ClN3O2S/c1-21(20,14-7-12(15)9-17-14)18-13(19)6-10-2-4-11(8-16)5-3-10/h2-5,7,9,17H,1,6H2,(H,18,19,20). The zero-order valence-electron chi connectivity index (χ0n) is 10.9. The maximum absolute atomic E-state index is 12.3. The van der Waals surface area contributed by atoms with Crippen molar-refractivity contribution in [2.24, 2.45) is 0 Å². The summed E-state index contributed by atoms with van der Waals surface area (Å²) in [4.78, 5) is 14.6. The van der Waals surface area contributed by atoms with Gasteiger partial charge in [0.25, 0.3) is 0 Å². The second-order valence-corrected chi connectivity index (χ2v) is 6.80. The van der Waals surface area contributed by atoms with Crippen LogP contribution in [-0.4, -0.2) is 21.0 Å². The zero-order valence-corrected chi connectivity index (χ0v) is 12.5. The Morgan fingerprint density at radius 3 is 2.62 bits per heavy atom. The summed E-state index contributed by atoms with van der Waals surface area (Å²) in [6.07, 6.45) is 1.52. The van der Waals surface area contributed by atoms with Crippen LogP contribution in [0.4, 0.5) is 0 Å². The molecule has 7 heteroatoms. The summed E-state index contributed by atoms with van der Waals surface area (Å²) in [5.41, 5.74) is 1.23. The quantitative estimate of drug-likeness (QED) is 0.843. The van der Waals surface area contributed by atoms with Gasteiger partial charge in [0, 0.05) is 6.20 Å². The third-order valence-corrected chi connectivity index (χ3v) is 4.42. The first-order valence-electron chi connectivity index (χ1n) is 5.91. The molecule has 5 nitrogen and oxygen atoms in total. The van der Waals surface area contributed by atoms with Gasteiger partial charge in [0.1, 0.15) is 5.03 Å². The van der Waals surface area contributed by atoms with Crippen molar-refractivity contribution in [3.8, 4) is 6.07 Å². The molecular formula is C14H12ClN3O2S. The highest BCUT2D eigenvalue weighted by Gasteiger charge is 2.14. The number of benzene rings is 1. The summed E-state index contributed by atoms with van der Waals surface area (Å²) < 4.78 is 14.7. The molecule has 0 spiro atoms. The number of halogens is 1. The van der Waals surface area contributed by atoms with Gasteiger partial charge in [0.2, 0.25) is 5.91 Å². The lowest BCUT2D eigenvalue weighted by Gasteiger charge is -2.09. The largest absolute Gasteiger partial charge is 0.352 e. The molecule has 108 valence electrons. The molecule has 1 unspecified atom stereocenters. The van der Waals surface area contributed by atoms with Crippen LogP contribution in [0.5, 0.6) is 0 Å². The van der Waals surface area contributed by atoms with E-state index in [0.717, 1.165) is 0 Å². The molecule has 0 aliphatic carbocycles. The molecule has 0 aliphatic rings. The molecule has 0 saturated heterocycles. The van der Waals surface area contributed by atoms with E-state index in [1.54, 1.807) is 24.3 Å². The van der Waals surface area contributed by atoms with Gasteiger partial charge < -0.3 is 4.98 Å². The highest BCUT2D eigenvalue weighted by atomic mass is 35.5. The van der Waals surface area contributed by atoms with Crippen molar-refractivity contribution in [1.82, 2.24) is 9.71 Å². The molecule has 1 heterocycles. The molecule has 1 amide bonds. The second-order valence-electron chi connectivity index (χ2n) is 4.37. The highest BCUT2D eigenvalue weighted by Crippen LogP contribution is 2.14. The number of hydrogen-bond donors (Lipinski definition) is 2. The average Bonchev–Trinajstić information content (AvgIpc) is 2.86. The predicted octanol–water partition coefficient (Wildman–Crippen LogP) is 1.89. The van der Waals surface area contributed by atoms with Crippen molar-refractivity contribution in [1.29, 1.82) is 5.26 Å². The first-order valence-corrected chi connectivity index (χ1v) is 8.02. The number of aromatic nitrogens is 1. The summed E-state index contributed by atoms with van der Waals surface area (Å²) >= 11 is 5.74. The van der Waals surface area contributed by atoms with E-state index in [1.165, 1.54) is 12.3 Å². The Hall–Kier alpha value is -2.23. The Labute approximate surface area is 127 Å². The molecule has 2 aromatic rings. The topological polar surface area (TPSA) is 85.8 Å². The minimum atomic E-state index is -2.96. The van der Waals surface area contributed by atoms with E-state index in [2.05, 4.69) is 15.6 Å². The molecule has 1 aromatic heterocycles. The van der Waals surface area contributed by atoms with Crippen LogP contribution in [0.3, 0.4) is 0 Å². The monoisotopic (exact) mass is 321 g/mol. The van der Waals surface area contributed by atoms with Crippen molar-refractivity contribution < 1.29 is 9.00 Å². The summed E-state index contributed by atoms with van der Waals surface area (Å²) in [6.45, 7) is 0. The Bertz CT molecular complexity index is 801. The minimum Gasteiger partial charge on any atom is -0.352 e. The molecule has 0 bridgehead atoms. The van der Waals surface area contributed by atoms with Gasteiger partial charge in [0.05, 0.1) is 32.8 Å². The molecule has 1 atom stereocenters. The van der Waals surface area contributed by atoms with E-state index in [9.17, 15) is 9.00 Å². The zero-order chi connectivity index (χ0) is 15.5. The second kappa shape index (κ2) is 6.04. The number of aromatic amines is 1. The van der Waals surface area contributed by atoms with Crippen LogP contribution >= 0.6 is 11.6 Å². The molecule has 0 aliphatic heterocycles. The van der Waals surface area contributed by atoms with Gasteiger partial charge in [-0.25, -0.2) is 4.21 Å². The predicted molar refractivity (Wildman–Crippen MR) is 82.3 cm³/mol. The molecule has 2 N–H and O–H groups in total. The Morgan fingerprint density at radius 1 is 1.43 bits per heavy atom. The fourth-order valence-corrected chi connectivity index (χ4v) is 3.04. The first-order chi connectivity index (χ1) is 9.90. The summed E-state index contributed by atoms with van der Waals surface area (Å²) in [5.74, 6) is 3.10. The van der Waals surface area contributed by atoms with Gasteiger partial charge in [-0.15, -0.1) is 0 Å². The van der Waals surface area contributed by atoms with Crippen molar-refractivity contribution in [2.45, 2.75) is 11.4 Å². The molecule has 0 fully saturated rings. The fraction of sp³-hybridized carbons (Fsp3) is 0.0714. The van der Waals surface area contributed by atoms with Crippen LogP contribution in [0.25, 0.3) is 0 Å².